The number of likely N-dealkylation sites (tertiary alicyclic amines) is 2. The molecule has 0 saturated carbocycles. The zero-order valence-electron chi connectivity index (χ0n) is 20.0. The number of hydrogen-bond donors (Lipinski definition) is 0. The molecule has 0 atom stereocenters. The summed E-state index contributed by atoms with van der Waals surface area (Å²) in [5.74, 6) is 1.06. The van der Waals surface area contributed by atoms with Crippen LogP contribution in [-0.4, -0.2) is 88.6 Å². The summed E-state index contributed by atoms with van der Waals surface area (Å²) in [4.78, 5) is 41.4. The molecule has 0 radical (unpaired) electrons. The van der Waals surface area contributed by atoms with Gasteiger partial charge in [-0.3, -0.25) is 9.59 Å². The van der Waals surface area contributed by atoms with Crippen molar-refractivity contribution < 1.29 is 9.59 Å². The van der Waals surface area contributed by atoms with Gasteiger partial charge in [-0.1, -0.05) is 6.08 Å². The normalized spacial score (nSPS) is 18.1. The lowest BCUT2D eigenvalue weighted by Gasteiger charge is -2.34. The van der Waals surface area contributed by atoms with Crippen molar-refractivity contribution in [1.29, 1.82) is 0 Å². The molecule has 0 N–H and O–H groups in total. The van der Waals surface area contributed by atoms with Crippen molar-refractivity contribution in [2.45, 2.75) is 42.7 Å². The molecular formula is C25H33N5O2S2. The predicted octanol–water partition coefficient (Wildman–Crippen LogP) is 4.00. The van der Waals surface area contributed by atoms with Crippen LogP contribution in [0.3, 0.4) is 0 Å². The van der Waals surface area contributed by atoms with E-state index in [2.05, 4.69) is 23.5 Å². The molecule has 2 fully saturated rings. The Labute approximate surface area is 210 Å². The molecule has 2 saturated heterocycles. The number of carbonyl (C=O) groups excluding carboxylic acids is 2. The van der Waals surface area contributed by atoms with E-state index in [-0.39, 0.29) is 23.8 Å². The lowest BCUT2D eigenvalue weighted by Crippen LogP contribution is -2.44. The van der Waals surface area contributed by atoms with Gasteiger partial charge >= 0.3 is 0 Å². The van der Waals surface area contributed by atoms with Crippen LogP contribution in [0.2, 0.25) is 0 Å². The van der Waals surface area contributed by atoms with Crippen molar-refractivity contribution >= 4 is 34.9 Å². The number of hydrogen-bond acceptors (Lipinski definition) is 7. The Morgan fingerprint density at radius 1 is 1.24 bits per heavy atom. The van der Waals surface area contributed by atoms with E-state index in [0.29, 0.717) is 24.3 Å². The molecule has 2 aliphatic rings. The van der Waals surface area contributed by atoms with E-state index >= 15 is 0 Å². The molecule has 0 aliphatic carbocycles. The van der Waals surface area contributed by atoms with Gasteiger partial charge in [0, 0.05) is 49.4 Å². The van der Waals surface area contributed by atoms with E-state index < -0.39 is 0 Å². The standard InChI is InChI=1S/C25H33N5O2S2/c1-4-16-33-23-20(6-5-11-26-23)24(31)30-14-7-18(8-15-30)22-27-21(17-34-22)25(32)29(3)19-9-12-28(2)13-10-19/h4-6,11,17-19H,1,7-10,12-16H2,2-3H3. The number of amides is 2. The Kier molecular flexibility index (Phi) is 8.39. The van der Waals surface area contributed by atoms with Crippen molar-refractivity contribution in [3.8, 4) is 0 Å². The summed E-state index contributed by atoms with van der Waals surface area (Å²) >= 11 is 3.10. The van der Waals surface area contributed by atoms with E-state index in [1.54, 1.807) is 17.5 Å². The number of aromatic nitrogens is 2. The Morgan fingerprint density at radius 2 is 1.97 bits per heavy atom. The van der Waals surface area contributed by atoms with Gasteiger partial charge in [-0.2, -0.15) is 0 Å². The first-order valence-electron chi connectivity index (χ1n) is 11.9. The van der Waals surface area contributed by atoms with Gasteiger partial charge < -0.3 is 14.7 Å². The summed E-state index contributed by atoms with van der Waals surface area (Å²) in [5, 5.41) is 3.67. The van der Waals surface area contributed by atoms with Crippen LogP contribution in [0, 0.1) is 0 Å². The Hall–Kier alpha value is -2.23. The highest BCUT2D eigenvalue weighted by Crippen LogP contribution is 2.32. The number of pyridine rings is 1. The molecule has 2 aliphatic heterocycles. The molecule has 4 rings (SSSR count). The molecule has 7 nitrogen and oxygen atoms in total. The maximum atomic E-state index is 13.1. The third kappa shape index (κ3) is 5.70. The molecule has 0 unspecified atom stereocenters. The first-order valence-corrected chi connectivity index (χ1v) is 13.7. The monoisotopic (exact) mass is 499 g/mol. The van der Waals surface area contributed by atoms with Gasteiger partial charge in [0.25, 0.3) is 11.8 Å². The topological polar surface area (TPSA) is 69.6 Å². The molecule has 182 valence electrons. The fraction of sp³-hybridized carbons (Fsp3) is 0.520. The molecular weight excluding hydrogens is 466 g/mol. The molecule has 0 bridgehead atoms. The van der Waals surface area contributed by atoms with Crippen molar-refractivity contribution in [2.75, 3.05) is 46.0 Å². The lowest BCUT2D eigenvalue weighted by atomic mass is 9.97. The maximum absolute atomic E-state index is 13.1. The molecule has 2 aromatic rings. The minimum absolute atomic E-state index is 0.0193. The summed E-state index contributed by atoms with van der Waals surface area (Å²) in [6.45, 7) is 7.16. The molecule has 34 heavy (non-hydrogen) atoms. The van der Waals surface area contributed by atoms with E-state index in [4.69, 9.17) is 4.98 Å². The summed E-state index contributed by atoms with van der Waals surface area (Å²) in [6.07, 6.45) is 7.26. The van der Waals surface area contributed by atoms with Gasteiger partial charge in [0.05, 0.1) is 10.6 Å². The number of piperidine rings is 2. The van der Waals surface area contributed by atoms with Crippen molar-refractivity contribution in [1.82, 2.24) is 24.7 Å². The molecule has 0 aromatic carbocycles. The zero-order valence-corrected chi connectivity index (χ0v) is 21.6. The third-order valence-electron chi connectivity index (χ3n) is 6.77. The van der Waals surface area contributed by atoms with Crippen LogP contribution < -0.4 is 0 Å². The minimum Gasteiger partial charge on any atom is -0.339 e. The molecule has 2 amide bonds. The summed E-state index contributed by atoms with van der Waals surface area (Å²) in [7, 11) is 4.03. The molecule has 2 aromatic heterocycles. The SMILES string of the molecule is C=CCSc1ncccc1C(=O)N1CCC(c2nc(C(=O)N(C)C3CCN(C)CC3)cs2)CC1. The van der Waals surface area contributed by atoms with E-state index in [1.807, 2.05) is 40.4 Å². The molecule has 9 heteroatoms. The van der Waals surface area contributed by atoms with Crippen LogP contribution in [0.15, 0.2) is 41.4 Å². The van der Waals surface area contributed by atoms with Gasteiger partial charge in [0.1, 0.15) is 10.7 Å². The van der Waals surface area contributed by atoms with E-state index in [9.17, 15) is 9.59 Å². The fourth-order valence-electron chi connectivity index (χ4n) is 4.61. The van der Waals surface area contributed by atoms with Crippen LogP contribution in [0.25, 0.3) is 0 Å². The summed E-state index contributed by atoms with van der Waals surface area (Å²) < 4.78 is 0. The molecule has 0 spiro atoms. The van der Waals surface area contributed by atoms with Crippen LogP contribution in [-0.2, 0) is 0 Å². The predicted molar refractivity (Wildman–Crippen MR) is 138 cm³/mol. The minimum atomic E-state index is 0.0193. The average Bonchev–Trinajstić information content (AvgIpc) is 3.37. The summed E-state index contributed by atoms with van der Waals surface area (Å²) in [6, 6.07) is 3.95. The Bertz CT molecular complexity index is 1010. The fourth-order valence-corrected chi connectivity index (χ4v) is 6.30. The first kappa shape index (κ1) is 24.9. The second-order valence-electron chi connectivity index (χ2n) is 9.04. The average molecular weight is 500 g/mol. The van der Waals surface area contributed by atoms with Crippen LogP contribution in [0.5, 0.6) is 0 Å². The summed E-state index contributed by atoms with van der Waals surface area (Å²) in [5.41, 5.74) is 1.21. The van der Waals surface area contributed by atoms with Crippen molar-refractivity contribution in [2.24, 2.45) is 0 Å². The largest absolute Gasteiger partial charge is 0.339 e. The van der Waals surface area contributed by atoms with Gasteiger partial charge in [0.2, 0.25) is 0 Å². The maximum Gasteiger partial charge on any atom is 0.273 e. The number of thioether (sulfide) groups is 1. The number of carbonyl (C=O) groups is 2. The van der Waals surface area contributed by atoms with Crippen LogP contribution in [0.4, 0.5) is 0 Å². The van der Waals surface area contributed by atoms with Crippen LogP contribution in [0.1, 0.15) is 57.5 Å². The number of thiazole rings is 1. The number of rotatable bonds is 7. The van der Waals surface area contributed by atoms with Gasteiger partial charge in [-0.05, 0) is 58.0 Å². The van der Waals surface area contributed by atoms with Gasteiger partial charge in [-0.25, -0.2) is 9.97 Å². The Balaban J connectivity index is 1.34. The zero-order chi connectivity index (χ0) is 24.1. The third-order valence-corrected chi connectivity index (χ3v) is 8.78. The van der Waals surface area contributed by atoms with E-state index in [0.717, 1.165) is 54.6 Å². The Morgan fingerprint density at radius 3 is 2.68 bits per heavy atom. The van der Waals surface area contributed by atoms with Crippen molar-refractivity contribution in [3.63, 3.8) is 0 Å². The highest BCUT2D eigenvalue weighted by atomic mass is 32.2. The number of nitrogens with zero attached hydrogens (tertiary/aromatic N) is 5. The van der Waals surface area contributed by atoms with Gasteiger partial charge in [-0.15, -0.1) is 29.7 Å². The van der Waals surface area contributed by atoms with E-state index in [1.165, 1.54) is 11.8 Å². The molecule has 4 heterocycles. The van der Waals surface area contributed by atoms with Crippen LogP contribution >= 0.6 is 23.1 Å². The second kappa shape index (κ2) is 11.5. The quantitative estimate of drug-likeness (QED) is 0.424. The first-order chi connectivity index (χ1) is 16.5. The van der Waals surface area contributed by atoms with Crippen molar-refractivity contribution in [3.05, 3.63) is 52.6 Å². The second-order valence-corrected chi connectivity index (χ2v) is 10.9. The lowest BCUT2D eigenvalue weighted by molar-refractivity contribution is 0.0654. The smallest absolute Gasteiger partial charge is 0.273 e. The van der Waals surface area contributed by atoms with Gasteiger partial charge in [0.15, 0.2) is 0 Å². The highest BCUT2D eigenvalue weighted by molar-refractivity contribution is 7.99. The highest BCUT2D eigenvalue weighted by Gasteiger charge is 2.30.